The summed E-state index contributed by atoms with van der Waals surface area (Å²) in [4.78, 5) is 7.94. The molecule has 0 unspecified atom stereocenters. The number of benzene rings is 1. The molecular weight excluding hydrogens is 202 g/mol. The largest absolute Gasteiger partial charge is 0.437 e. The van der Waals surface area contributed by atoms with Gasteiger partial charge in [0.25, 0.3) is 0 Å². The lowest BCUT2D eigenvalue weighted by Gasteiger charge is -2.08. The summed E-state index contributed by atoms with van der Waals surface area (Å²) < 4.78 is 5.59. The molecule has 0 atom stereocenters. The molecule has 4 heteroatoms. The zero-order valence-corrected chi connectivity index (χ0v) is 9.27. The van der Waals surface area contributed by atoms with Crippen molar-refractivity contribution in [2.24, 2.45) is 0 Å². The molecule has 16 heavy (non-hydrogen) atoms. The first-order valence-corrected chi connectivity index (χ1v) is 4.98. The van der Waals surface area contributed by atoms with Gasteiger partial charge in [-0.05, 0) is 25.5 Å². The Morgan fingerprint density at radius 1 is 1.19 bits per heavy atom. The van der Waals surface area contributed by atoms with Gasteiger partial charge in [-0.2, -0.15) is 4.98 Å². The standard InChI is InChI=1S/C12H13N3O/c1-8-3-4-10(9(2)5-8)16-12-7-14-6-11(13)15-12/h3-7H,1-2H3,(H2,13,15). The van der Waals surface area contributed by atoms with Gasteiger partial charge in [0.1, 0.15) is 11.6 Å². The van der Waals surface area contributed by atoms with E-state index in [9.17, 15) is 0 Å². The third-order valence-electron chi connectivity index (χ3n) is 2.18. The van der Waals surface area contributed by atoms with Crippen molar-refractivity contribution in [3.8, 4) is 11.6 Å². The van der Waals surface area contributed by atoms with Crippen molar-refractivity contribution in [3.05, 3.63) is 41.7 Å². The number of anilines is 1. The molecule has 0 aliphatic heterocycles. The van der Waals surface area contributed by atoms with E-state index < -0.39 is 0 Å². The molecule has 0 aliphatic rings. The van der Waals surface area contributed by atoms with Crippen LogP contribution < -0.4 is 10.5 Å². The van der Waals surface area contributed by atoms with E-state index in [1.165, 1.54) is 18.0 Å². The number of aromatic nitrogens is 2. The molecule has 2 rings (SSSR count). The minimum Gasteiger partial charge on any atom is -0.437 e. The van der Waals surface area contributed by atoms with Gasteiger partial charge in [0.05, 0.1) is 12.4 Å². The molecule has 0 fully saturated rings. The van der Waals surface area contributed by atoms with Crippen LogP contribution in [-0.4, -0.2) is 9.97 Å². The van der Waals surface area contributed by atoms with Crippen molar-refractivity contribution in [2.75, 3.05) is 5.73 Å². The Kier molecular flexibility index (Phi) is 2.72. The van der Waals surface area contributed by atoms with Gasteiger partial charge in [0.15, 0.2) is 0 Å². The van der Waals surface area contributed by atoms with Gasteiger partial charge in [-0.3, -0.25) is 4.98 Å². The first-order valence-electron chi connectivity index (χ1n) is 4.98. The predicted molar refractivity (Wildman–Crippen MR) is 62.4 cm³/mol. The summed E-state index contributed by atoms with van der Waals surface area (Å²) in [6.45, 7) is 4.03. The molecule has 82 valence electrons. The number of ether oxygens (including phenoxy) is 1. The third kappa shape index (κ3) is 2.28. The fourth-order valence-electron chi connectivity index (χ4n) is 1.44. The lowest BCUT2D eigenvalue weighted by Crippen LogP contribution is -1.95. The zero-order chi connectivity index (χ0) is 11.5. The van der Waals surface area contributed by atoms with Crippen LogP contribution >= 0.6 is 0 Å². The van der Waals surface area contributed by atoms with Gasteiger partial charge in [-0.25, -0.2) is 0 Å². The van der Waals surface area contributed by atoms with E-state index in [4.69, 9.17) is 10.5 Å². The van der Waals surface area contributed by atoms with E-state index in [1.54, 1.807) is 0 Å². The lowest BCUT2D eigenvalue weighted by molar-refractivity contribution is 0.457. The van der Waals surface area contributed by atoms with Gasteiger partial charge < -0.3 is 10.5 Å². The Morgan fingerprint density at radius 3 is 2.69 bits per heavy atom. The summed E-state index contributed by atoms with van der Waals surface area (Å²) in [5.41, 5.74) is 7.78. The molecule has 0 bridgehead atoms. The summed E-state index contributed by atoms with van der Waals surface area (Å²) in [7, 11) is 0. The Balaban J connectivity index is 2.27. The summed E-state index contributed by atoms with van der Waals surface area (Å²) >= 11 is 0. The number of nitrogen functional groups attached to an aromatic ring is 1. The highest BCUT2D eigenvalue weighted by atomic mass is 16.5. The average Bonchev–Trinajstić information content (AvgIpc) is 2.22. The fraction of sp³-hybridized carbons (Fsp3) is 0.167. The quantitative estimate of drug-likeness (QED) is 0.835. The molecule has 0 amide bonds. The zero-order valence-electron chi connectivity index (χ0n) is 9.27. The molecule has 0 saturated heterocycles. The molecule has 4 nitrogen and oxygen atoms in total. The molecule has 0 radical (unpaired) electrons. The lowest BCUT2D eigenvalue weighted by atomic mass is 10.1. The highest BCUT2D eigenvalue weighted by molar-refractivity contribution is 5.38. The van der Waals surface area contributed by atoms with Crippen molar-refractivity contribution >= 4 is 5.82 Å². The monoisotopic (exact) mass is 215 g/mol. The van der Waals surface area contributed by atoms with Gasteiger partial charge >= 0.3 is 0 Å². The van der Waals surface area contributed by atoms with Crippen molar-refractivity contribution in [3.63, 3.8) is 0 Å². The third-order valence-corrected chi connectivity index (χ3v) is 2.18. The number of rotatable bonds is 2. The molecule has 2 aromatic rings. The minimum atomic E-state index is 0.349. The predicted octanol–water partition coefficient (Wildman–Crippen LogP) is 2.47. The number of hydrogen-bond donors (Lipinski definition) is 1. The maximum absolute atomic E-state index is 5.59. The highest BCUT2D eigenvalue weighted by Gasteiger charge is 2.03. The van der Waals surface area contributed by atoms with Crippen LogP contribution in [0.2, 0.25) is 0 Å². The van der Waals surface area contributed by atoms with Crippen molar-refractivity contribution in [1.82, 2.24) is 9.97 Å². The number of nitrogens with two attached hydrogens (primary N) is 1. The topological polar surface area (TPSA) is 61.0 Å². The highest BCUT2D eigenvalue weighted by Crippen LogP contribution is 2.24. The Labute approximate surface area is 94.1 Å². The number of nitrogens with zero attached hydrogens (tertiary/aromatic N) is 2. The first-order chi connectivity index (χ1) is 7.65. The molecule has 1 aromatic carbocycles. The summed E-state index contributed by atoms with van der Waals surface area (Å²) in [5, 5.41) is 0. The summed E-state index contributed by atoms with van der Waals surface area (Å²) in [5.74, 6) is 1.53. The van der Waals surface area contributed by atoms with E-state index in [0.717, 1.165) is 11.3 Å². The first kappa shape index (κ1) is 10.4. The Morgan fingerprint density at radius 2 is 2.00 bits per heavy atom. The maximum Gasteiger partial charge on any atom is 0.239 e. The molecule has 1 aromatic heterocycles. The van der Waals surface area contributed by atoms with Crippen LogP contribution in [0.25, 0.3) is 0 Å². The van der Waals surface area contributed by atoms with E-state index >= 15 is 0 Å². The number of aryl methyl sites for hydroxylation is 2. The van der Waals surface area contributed by atoms with Crippen LogP contribution in [0.3, 0.4) is 0 Å². The van der Waals surface area contributed by atoms with Gasteiger partial charge in [-0.15, -0.1) is 0 Å². The Hall–Kier alpha value is -2.10. The molecule has 0 aliphatic carbocycles. The molecule has 0 spiro atoms. The minimum absolute atomic E-state index is 0.349. The van der Waals surface area contributed by atoms with E-state index in [2.05, 4.69) is 16.0 Å². The normalized spacial score (nSPS) is 10.1. The SMILES string of the molecule is Cc1ccc(Oc2cncc(N)n2)c(C)c1. The van der Waals surface area contributed by atoms with Crippen LogP contribution in [0.1, 0.15) is 11.1 Å². The van der Waals surface area contributed by atoms with E-state index in [0.29, 0.717) is 11.7 Å². The fourth-order valence-corrected chi connectivity index (χ4v) is 1.44. The average molecular weight is 215 g/mol. The molecular formula is C12H13N3O. The van der Waals surface area contributed by atoms with E-state index in [1.807, 2.05) is 26.0 Å². The van der Waals surface area contributed by atoms with Crippen LogP contribution in [0.5, 0.6) is 11.6 Å². The van der Waals surface area contributed by atoms with Crippen LogP contribution in [0, 0.1) is 13.8 Å². The molecule has 2 N–H and O–H groups in total. The van der Waals surface area contributed by atoms with Gasteiger partial charge in [0, 0.05) is 0 Å². The smallest absolute Gasteiger partial charge is 0.239 e. The van der Waals surface area contributed by atoms with Crippen molar-refractivity contribution < 1.29 is 4.74 Å². The summed E-state index contributed by atoms with van der Waals surface area (Å²) in [6.07, 6.45) is 3.02. The summed E-state index contributed by atoms with van der Waals surface area (Å²) in [6, 6.07) is 5.95. The van der Waals surface area contributed by atoms with Crippen molar-refractivity contribution in [1.29, 1.82) is 0 Å². The Bertz CT molecular complexity index is 511. The second-order valence-electron chi connectivity index (χ2n) is 3.65. The second-order valence-corrected chi connectivity index (χ2v) is 3.65. The number of hydrogen-bond acceptors (Lipinski definition) is 4. The van der Waals surface area contributed by atoms with Crippen LogP contribution in [-0.2, 0) is 0 Å². The van der Waals surface area contributed by atoms with Crippen molar-refractivity contribution in [2.45, 2.75) is 13.8 Å². The molecule has 0 saturated carbocycles. The van der Waals surface area contributed by atoms with Gasteiger partial charge in [-0.1, -0.05) is 17.7 Å². The van der Waals surface area contributed by atoms with Crippen LogP contribution in [0.15, 0.2) is 30.6 Å². The van der Waals surface area contributed by atoms with E-state index in [-0.39, 0.29) is 0 Å². The second kappa shape index (κ2) is 4.18. The van der Waals surface area contributed by atoms with Gasteiger partial charge in [0.2, 0.25) is 5.88 Å². The molecule has 1 heterocycles. The maximum atomic E-state index is 5.59. The van der Waals surface area contributed by atoms with Crippen LogP contribution in [0.4, 0.5) is 5.82 Å².